The summed E-state index contributed by atoms with van der Waals surface area (Å²) in [5.41, 5.74) is 2.11. The number of carbonyl (C=O) groups is 3. The molecule has 1 fully saturated rings. The van der Waals surface area contributed by atoms with E-state index in [4.69, 9.17) is 21.1 Å². The highest BCUT2D eigenvalue weighted by Crippen LogP contribution is 2.29. The zero-order valence-corrected chi connectivity index (χ0v) is 17.6. The van der Waals surface area contributed by atoms with Crippen molar-refractivity contribution >= 4 is 40.8 Å². The smallest absolute Gasteiger partial charge is 0.311 e. The molecular weight excluding hydrogens is 408 g/mol. The second-order valence-corrected chi connectivity index (χ2v) is 7.36. The molecular formula is C22H23ClN2O5. The fourth-order valence-corrected chi connectivity index (χ4v) is 3.29. The molecule has 0 spiro atoms. The number of amides is 2. The summed E-state index contributed by atoms with van der Waals surface area (Å²) in [5.74, 6) is -1.15. The number of anilines is 2. The van der Waals surface area contributed by atoms with Crippen LogP contribution in [0.25, 0.3) is 0 Å². The van der Waals surface area contributed by atoms with E-state index in [-0.39, 0.29) is 18.9 Å². The third-order valence-electron chi connectivity index (χ3n) is 4.72. The molecule has 0 bridgehead atoms. The highest BCUT2D eigenvalue weighted by Gasteiger charge is 2.36. The summed E-state index contributed by atoms with van der Waals surface area (Å²) in [4.78, 5) is 38.2. The number of rotatable bonds is 7. The van der Waals surface area contributed by atoms with Gasteiger partial charge < -0.3 is 19.7 Å². The second-order valence-electron chi connectivity index (χ2n) is 6.95. The van der Waals surface area contributed by atoms with E-state index in [0.29, 0.717) is 28.8 Å². The molecule has 8 heteroatoms. The highest BCUT2D eigenvalue weighted by molar-refractivity contribution is 6.31. The number of hydrogen-bond acceptors (Lipinski definition) is 5. The number of nitrogens with one attached hydrogen (secondary N) is 1. The fourth-order valence-electron chi connectivity index (χ4n) is 3.12. The van der Waals surface area contributed by atoms with Crippen LogP contribution in [-0.4, -0.2) is 37.5 Å². The zero-order valence-electron chi connectivity index (χ0n) is 16.8. The normalized spacial score (nSPS) is 15.8. The van der Waals surface area contributed by atoms with Gasteiger partial charge in [0.1, 0.15) is 5.75 Å². The van der Waals surface area contributed by atoms with Crippen LogP contribution in [0.1, 0.15) is 18.9 Å². The Balaban J connectivity index is 1.50. The lowest BCUT2D eigenvalue weighted by Crippen LogP contribution is -2.28. The predicted molar refractivity (Wildman–Crippen MR) is 114 cm³/mol. The molecule has 1 N–H and O–H groups in total. The monoisotopic (exact) mass is 430 g/mol. The van der Waals surface area contributed by atoms with E-state index in [1.165, 1.54) is 4.90 Å². The molecule has 0 radical (unpaired) electrons. The van der Waals surface area contributed by atoms with Gasteiger partial charge >= 0.3 is 5.97 Å². The van der Waals surface area contributed by atoms with Crippen LogP contribution in [0.4, 0.5) is 11.4 Å². The van der Waals surface area contributed by atoms with Gasteiger partial charge in [0.05, 0.1) is 12.5 Å². The molecule has 30 heavy (non-hydrogen) atoms. The van der Waals surface area contributed by atoms with Crippen molar-refractivity contribution < 1.29 is 23.9 Å². The SMILES string of the molecule is CCOc1ccc(NC(=O)COC(=O)[C@@H]2CC(=O)N(c3ccc(C)c(Cl)c3)C2)cc1. The minimum Gasteiger partial charge on any atom is -0.494 e. The van der Waals surface area contributed by atoms with Crippen molar-refractivity contribution in [2.45, 2.75) is 20.3 Å². The van der Waals surface area contributed by atoms with Gasteiger partial charge in [-0.3, -0.25) is 14.4 Å². The quantitative estimate of drug-likeness (QED) is 0.678. The van der Waals surface area contributed by atoms with Crippen LogP contribution in [0.5, 0.6) is 5.75 Å². The van der Waals surface area contributed by atoms with Crippen molar-refractivity contribution in [3.8, 4) is 5.75 Å². The van der Waals surface area contributed by atoms with Gasteiger partial charge in [-0.1, -0.05) is 17.7 Å². The molecule has 2 amide bonds. The van der Waals surface area contributed by atoms with Crippen LogP contribution < -0.4 is 15.0 Å². The number of hydrogen-bond donors (Lipinski definition) is 1. The Morgan fingerprint density at radius 3 is 2.60 bits per heavy atom. The van der Waals surface area contributed by atoms with Crippen molar-refractivity contribution in [1.82, 2.24) is 0 Å². The summed E-state index contributed by atoms with van der Waals surface area (Å²) in [6, 6.07) is 12.2. The maximum Gasteiger partial charge on any atom is 0.311 e. The predicted octanol–water partition coefficient (Wildman–Crippen LogP) is 3.58. The Morgan fingerprint density at radius 2 is 1.93 bits per heavy atom. The maximum atomic E-state index is 12.3. The molecule has 1 heterocycles. The second kappa shape index (κ2) is 9.63. The summed E-state index contributed by atoms with van der Waals surface area (Å²) in [6.07, 6.45) is 0.0326. The van der Waals surface area contributed by atoms with Crippen molar-refractivity contribution in [3.05, 3.63) is 53.1 Å². The van der Waals surface area contributed by atoms with Crippen LogP contribution in [0.15, 0.2) is 42.5 Å². The number of halogens is 1. The van der Waals surface area contributed by atoms with Crippen LogP contribution in [0.3, 0.4) is 0 Å². The van der Waals surface area contributed by atoms with Gasteiger partial charge in [0.15, 0.2) is 6.61 Å². The topological polar surface area (TPSA) is 84.9 Å². The molecule has 2 aromatic rings. The lowest BCUT2D eigenvalue weighted by molar-refractivity contribution is -0.151. The number of aryl methyl sites for hydroxylation is 1. The number of esters is 1. The van der Waals surface area contributed by atoms with Gasteiger partial charge in [-0.25, -0.2) is 0 Å². The van der Waals surface area contributed by atoms with Gasteiger partial charge in [0.25, 0.3) is 5.91 Å². The minimum atomic E-state index is -0.629. The first-order valence-corrected chi connectivity index (χ1v) is 10.0. The van der Waals surface area contributed by atoms with E-state index in [0.717, 1.165) is 5.56 Å². The van der Waals surface area contributed by atoms with Crippen molar-refractivity contribution in [3.63, 3.8) is 0 Å². The molecule has 3 rings (SSSR count). The molecule has 0 saturated carbocycles. The lowest BCUT2D eigenvalue weighted by Gasteiger charge is -2.17. The largest absolute Gasteiger partial charge is 0.494 e. The van der Waals surface area contributed by atoms with E-state index >= 15 is 0 Å². The summed E-state index contributed by atoms with van der Waals surface area (Å²) in [7, 11) is 0. The third kappa shape index (κ3) is 5.30. The average molecular weight is 431 g/mol. The number of benzene rings is 2. The first-order valence-electron chi connectivity index (χ1n) is 9.63. The summed E-state index contributed by atoms with van der Waals surface area (Å²) in [5, 5.41) is 3.20. The molecule has 158 valence electrons. The molecule has 7 nitrogen and oxygen atoms in total. The minimum absolute atomic E-state index is 0.0326. The van der Waals surface area contributed by atoms with Crippen molar-refractivity contribution in [2.24, 2.45) is 5.92 Å². The molecule has 0 aliphatic carbocycles. The van der Waals surface area contributed by atoms with E-state index in [9.17, 15) is 14.4 Å². The Kier molecular flexibility index (Phi) is 6.95. The molecule has 0 aromatic heterocycles. The summed E-state index contributed by atoms with van der Waals surface area (Å²) in [6.45, 7) is 4.08. The van der Waals surface area contributed by atoms with E-state index < -0.39 is 24.4 Å². The standard InChI is InChI=1S/C22H23ClN2O5/c1-3-29-18-8-5-16(6-9-18)24-20(26)13-30-22(28)15-10-21(27)25(12-15)17-7-4-14(2)19(23)11-17/h4-9,11,15H,3,10,12-13H2,1-2H3,(H,24,26)/t15-/m1/s1. The Labute approximate surface area is 179 Å². The molecule has 2 aromatic carbocycles. The first kappa shape index (κ1) is 21.6. The maximum absolute atomic E-state index is 12.3. The van der Waals surface area contributed by atoms with Crippen molar-refractivity contribution in [2.75, 3.05) is 30.0 Å². The zero-order chi connectivity index (χ0) is 21.7. The Hall–Kier alpha value is -3.06. The van der Waals surface area contributed by atoms with Crippen LogP contribution in [0.2, 0.25) is 5.02 Å². The number of nitrogens with zero attached hydrogens (tertiary/aromatic N) is 1. The van der Waals surface area contributed by atoms with Gasteiger partial charge in [0, 0.05) is 29.4 Å². The number of carbonyl (C=O) groups excluding carboxylic acids is 3. The highest BCUT2D eigenvalue weighted by atomic mass is 35.5. The van der Waals surface area contributed by atoms with Crippen LogP contribution >= 0.6 is 11.6 Å². The van der Waals surface area contributed by atoms with Crippen LogP contribution in [0, 0.1) is 12.8 Å². The third-order valence-corrected chi connectivity index (χ3v) is 5.13. The summed E-state index contributed by atoms with van der Waals surface area (Å²) >= 11 is 6.13. The Bertz CT molecular complexity index is 945. The Morgan fingerprint density at radius 1 is 1.20 bits per heavy atom. The van der Waals surface area contributed by atoms with Gasteiger partial charge in [-0.2, -0.15) is 0 Å². The van der Waals surface area contributed by atoms with Crippen molar-refractivity contribution in [1.29, 1.82) is 0 Å². The van der Waals surface area contributed by atoms with Gasteiger partial charge in [-0.05, 0) is 55.8 Å². The van der Waals surface area contributed by atoms with Crippen LogP contribution in [-0.2, 0) is 19.1 Å². The first-order chi connectivity index (χ1) is 14.4. The van der Waals surface area contributed by atoms with Gasteiger partial charge in [-0.15, -0.1) is 0 Å². The average Bonchev–Trinajstić information content (AvgIpc) is 3.12. The number of ether oxygens (including phenoxy) is 2. The molecule has 1 atom stereocenters. The van der Waals surface area contributed by atoms with Gasteiger partial charge in [0.2, 0.25) is 5.91 Å². The fraction of sp³-hybridized carbons (Fsp3) is 0.318. The summed E-state index contributed by atoms with van der Waals surface area (Å²) < 4.78 is 10.5. The molecule has 0 unspecified atom stereocenters. The van der Waals surface area contributed by atoms with E-state index in [2.05, 4.69) is 5.32 Å². The van der Waals surface area contributed by atoms with E-state index in [1.54, 1.807) is 36.4 Å². The van der Waals surface area contributed by atoms with E-state index in [1.807, 2.05) is 19.9 Å². The molecule has 1 aliphatic rings. The molecule has 1 saturated heterocycles. The molecule has 1 aliphatic heterocycles. The lowest BCUT2D eigenvalue weighted by atomic mass is 10.1.